The van der Waals surface area contributed by atoms with Crippen LogP contribution in [-0.4, -0.2) is 17.9 Å². The molecule has 7 nitrogen and oxygen atoms in total. The van der Waals surface area contributed by atoms with Crippen LogP contribution in [0.15, 0.2) is 49.0 Å². The molecule has 2 aromatic carbocycles. The van der Waals surface area contributed by atoms with Crippen LogP contribution in [-0.2, 0) is 0 Å². The lowest BCUT2D eigenvalue weighted by molar-refractivity contribution is -0.385. The molecule has 3 aromatic rings. The number of amides is 1. The minimum atomic E-state index is -0.550. The molecule has 0 aliphatic rings. The molecule has 1 heterocycles. The molecule has 2 N–H and O–H groups in total. The summed E-state index contributed by atoms with van der Waals surface area (Å²) in [7, 11) is 1.35. The Kier molecular flexibility index (Phi) is 5.29. The third kappa shape index (κ3) is 3.71. The first-order valence-corrected chi connectivity index (χ1v) is 8.87. The fourth-order valence-electron chi connectivity index (χ4n) is 2.44. The van der Waals surface area contributed by atoms with Crippen molar-refractivity contribution < 1.29 is 14.5 Å². The average Bonchev–Trinajstić information content (AvgIpc) is 3.02. The second-order valence-corrected chi connectivity index (χ2v) is 6.87. The van der Waals surface area contributed by atoms with Crippen LogP contribution >= 0.6 is 22.9 Å². The number of hydrogen-bond acceptors (Lipinski definition) is 6. The number of fused-ring (bicyclic) bond motifs is 1. The molecule has 3 rings (SSSR count). The number of methoxy groups -OCH3 is 1. The number of carbonyl (C=O) groups excluding carboxylic acids is 1. The average molecular weight is 404 g/mol. The lowest BCUT2D eigenvalue weighted by atomic mass is 10.1. The molecule has 0 fully saturated rings. The highest BCUT2D eigenvalue weighted by molar-refractivity contribution is 7.21. The number of ether oxygens (including phenoxy) is 1. The molecule has 0 atom stereocenters. The number of thiophene rings is 1. The lowest BCUT2D eigenvalue weighted by Crippen LogP contribution is -2.35. The van der Waals surface area contributed by atoms with Crippen LogP contribution in [0.25, 0.3) is 15.8 Å². The van der Waals surface area contributed by atoms with Crippen LogP contribution in [0.2, 0.25) is 5.02 Å². The van der Waals surface area contributed by atoms with Crippen LogP contribution < -0.4 is 15.6 Å². The summed E-state index contributed by atoms with van der Waals surface area (Å²) in [6.07, 6.45) is 0. The summed E-state index contributed by atoms with van der Waals surface area (Å²) in [6.45, 7) is 3.79. The summed E-state index contributed by atoms with van der Waals surface area (Å²) >= 11 is 7.56. The summed E-state index contributed by atoms with van der Waals surface area (Å²) in [6, 6.07) is 11.8. The SMILES string of the molecule is C=C(NNC(=O)c1sc2ccccc2c1Cl)c1ccc(OC)c([N+](=O)[O-])c1. The maximum absolute atomic E-state index is 12.4. The zero-order valence-corrected chi connectivity index (χ0v) is 15.7. The van der Waals surface area contributed by atoms with Crippen molar-refractivity contribution >= 4 is 50.3 Å². The van der Waals surface area contributed by atoms with E-state index in [9.17, 15) is 14.9 Å². The highest BCUT2D eigenvalue weighted by Crippen LogP contribution is 2.35. The molecule has 27 heavy (non-hydrogen) atoms. The first-order valence-electron chi connectivity index (χ1n) is 7.67. The Morgan fingerprint density at radius 1 is 1.26 bits per heavy atom. The molecule has 1 aromatic heterocycles. The zero-order chi connectivity index (χ0) is 19.6. The third-order valence-electron chi connectivity index (χ3n) is 3.79. The van der Waals surface area contributed by atoms with Gasteiger partial charge in [0.05, 0.1) is 22.8 Å². The van der Waals surface area contributed by atoms with Gasteiger partial charge in [-0.3, -0.25) is 25.8 Å². The minimum Gasteiger partial charge on any atom is -0.490 e. The van der Waals surface area contributed by atoms with Crippen molar-refractivity contribution in [3.8, 4) is 5.75 Å². The summed E-state index contributed by atoms with van der Waals surface area (Å²) in [5.41, 5.74) is 5.70. The van der Waals surface area contributed by atoms with Gasteiger partial charge < -0.3 is 4.74 Å². The summed E-state index contributed by atoms with van der Waals surface area (Å²) in [4.78, 5) is 23.4. The maximum atomic E-state index is 12.4. The van der Waals surface area contributed by atoms with E-state index in [2.05, 4.69) is 17.4 Å². The summed E-state index contributed by atoms with van der Waals surface area (Å²) < 4.78 is 5.86. The first-order chi connectivity index (χ1) is 12.9. The quantitative estimate of drug-likeness (QED) is 0.470. The Morgan fingerprint density at radius 3 is 2.67 bits per heavy atom. The largest absolute Gasteiger partial charge is 0.490 e. The van der Waals surface area contributed by atoms with Crippen molar-refractivity contribution in [3.05, 3.63) is 74.6 Å². The molecule has 0 aliphatic heterocycles. The number of nitro groups is 1. The Hall–Kier alpha value is -3.10. The smallest absolute Gasteiger partial charge is 0.311 e. The molecule has 0 aliphatic carbocycles. The summed E-state index contributed by atoms with van der Waals surface area (Å²) in [5.74, 6) is -0.289. The van der Waals surface area contributed by atoms with Crippen molar-refractivity contribution in [2.45, 2.75) is 0 Å². The number of halogens is 1. The molecule has 0 saturated heterocycles. The fraction of sp³-hybridized carbons (Fsp3) is 0.0556. The minimum absolute atomic E-state index is 0.137. The molecule has 1 amide bonds. The van der Waals surface area contributed by atoms with Crippen molar-refractivity contribution in [1.29, 1.82) is 0 Å². The predicted octanol–water partition coefficient (Wildman–Crippen LogP) is 4.38. The second-order valence-electron chi connectivity index (χ2n) is 5.44. The van der Waals surface area contributed by atoms with Gasteiger partial charge in [-0.25, -0.2) is 0 Å². The molecule has 0 unspecified atom stereocenters. The van der Waals surface area contributed by atoms with Gasteiger partial charge in [0.15, 0.2) is 5.75 Å². The van der Waals surface area contributed by atoms with Gasteiger partial charge >= 0.3 is 5.69 Å². The van der Waals surface area contributed by atoms with E-state index in [4.69, 9.17) is 16.3 Å². The normalized spacial score (nSPS) is 10.4. The van der Waals surface area contributed by atoms with E-state index in [0.29, 0.717) is 15.5 Å². The van der Waals surface area contributed by atoms with Crippen molar-refractivity contribution in [2.75, 3.05) is 7.11 Å². The Morgan fingerprint density at radius 2 is 2.00 bits per heavy atom. The molecule has 0 spiro atoms. The van der Waals surface area contributed by atoms with Crippen molar-refractivity contribution in [3.63, 3.8) is 0 Å². The number of rotatable bonds is 6. The Bertz CT molecular complexity index is 1060. The van der Waals surface area contributed by atoms with Gasteiger partial charge in [0, 0.05) is 21.7 Å². The van der Waals surface area contributed by atoms with Crippen LogP contribution in [0.5, 0.6) is 5.75 Å². The van der Waals surface area contributed by atoms with Crippen molar-refractivity contribution in [1.82, 2.24) is 10.9 Å². The van der Waals surface area contributed by atoms with Gasteiger partial charge in [0.1, 0.15) is 4.88 Å². The standard InChI is InChI=1S/C18H14ClN3O4S/c1-10(11-7-8-14(26-2)13(9-11)22(24)25)20-21-18(23)17-16(19)12-5-3-4-6-15(12)27-17/h3-9,20H,1H2,2H3,(H,21,23). The molecular formula is C18H14ClN3O4S. The van der Waals surface area contributed by atoms with E-state index in [1.807, 2.05) is 24.3 Å². The van der Waals surface area contributed by atoms with Crippen LogP contribution in [0, 0.1) is 10.1 Å². The van der Waals surface area contributed by atoms with E-state index >= 15 is 0 Å². The number of hydrazine groups is 1. The molecule has 0 bridgehead atoms. The van der Waals surface area contributed by atoms with E-state index in [-0.39, 0.29) is 17.1 Å². The van der Waals surface area contributed by atoms with Crippen LogP contribution in [0.3, 0.4) is 0 Å². The van der Waals surface area contributed by atoms with Gasteiger partial charge in [-0.2, -0.15) is 0 Å². The van der Waals surface area contributed by atoms with E-state index in [0.717, 1.165) is 10.1 Å². The first kappa shape index (κ1) is 18.7. The molecular weight excluding hydrogens is 390 g/mol. The molecule has 138 valence electrons. The topological polar surface area (TPSA) is 93.5 Å². The maximum Gasteiger partial charge on any atom is 0.311 e. The van der Waals surface area contributed by atoms with E-state index < -0.39 is 10.8 Å². The molecule has 0 saturated carbocycles. The Balaban J connectivity index is 1.75. The second kappa shape index (κ2) is 7.65. The highest BCUT2D eigenvalue weighted by atomic mass is 35.5. The zero-order valence-electron chi connectivity index (χ0n) is 14.1. The van der Waals surface area contributed by atoms with Gasteiger partial charge in [0.25, 0.3) is 5.91 Å². The Labute approximate surface area is 163 Å². The molecule has 9 heteroatoms. The monoisotopic (exact) mass is 403 g/mol. The third-order valence-corrected chi connectivity index (χ3v) is 5.47. The predicted molar refractivity (Wildman–Crippen MR) is 106 cm³/mol. The number of nitro benzene ring substituents is 1. The van der Waals surface area contributed by atoms with Gasteiger partial charge in [0.2, 0.25) is 0 Å². The van der Waals surface area contributed by atoms with Gasteiger partial charge in [-0.15, -0.1) is 11.3 Å². The van der Waals surface area contributed by atoms with Gasteiger partial charge in [-0.05, 0) is 18.2 Å². The fourth-order valence-corrected chi connectivity index (χ4v) is 3.85. The number of benzene rings is 2. The summed E-state index contributed by atoms with van der Waals surface area (Å²) in [5, 5.41) is 12.3. The van der Waals surface area contributed by atoms with Crippen LogP contribution in [0.1, 0.15) is 15.2 Å². The number of nitrogens with zero attached hydrogens (tertiary/aromatic N) is 1. The van der Waals surface area contributed by atoms with Crippen LogP contribution in [0.4, 0.5) is 5.69 Å². The lowest BCUT2D eigenvalue weighted by Gasteiger charge is -2.11. The number of carbonyl (C=O) groups is 1. The van der Waals surface area contributed by atoms with Crippen molar-refractivity contribution in [2.24, 2.45) is 0 Å². The highest BCUT2D eigenvalue weighted by Gasteiger charge is 2.18. The van der Waals surface area contributed by atoms with E-state index in [1.54, 1.807) is 6.07 Å². The van der Waals surface area contributed by atoms with Gasteiger partial charge in [-0.1, -0.05) is 36.4 Å². The van der Waals surface area contributed by atoms with E-state index in [1.165, 1.54) is 30.6 Å². The molecule has 0 radical (unpaired) electrons. The number of nitrogens with one attached hydrogen (secondary N) is 2. The number of hydrogen-bond donors (Lipinski definition) is 2.